The lowest BCUT2D eigenvalue weighted by Crippen LogP contribution is -2.08. The van der Waals surface area contributed by atoms with Crippen molar-refractivity contribution in [3.05, 3.63) is 40.2 Å². The molecule has 0 saturated carbocycles. The number of benzene rings is 1. The summed E-state index contributed by atoms with van der Waals surface area (Å²) in [6.07, 6.45) is 0. The van der Waals surface area contributed by atoms with Crippen molar-refractivity contribution in [2.45, 2.75) is 13.5 Å². The monoisotopic (exact) mass is 247 g/mol. The third kappa shape index (κ3) is 2.51. The first-order valence-electron chi connectivity index (χ1n) is 5.43. The Kier molecular flexibility index (Phi) is 3.32. The third-order valence-corrected chi connectivity index (χ3v) is 2.57. The van der Waals surface area contributed by atoms with Gasteiger partial charge in [-0.2, -0.15) is 0 Å². The topological polar surface area (TPSA) is 68.4 Å². The maximum atomic E-state index is 11.5. The second-order valence-corrected chi connectivity index (χ2v) is 3.85. The van der Waals surface area contributed by atoms with Crippen LogP contribution in [-0.4, -0.2) is 18.1 Å². The summed E-state index contributed by atoms with van der Waals surface area (Å²) in [4.78, 5) is 25.0. The van der Waals surface area contributed by atoms with Crippen molar-refractivity contribution in [1.82, 2.24) is 4.98 Å². The van der Waals surface area contributed by atoms with Gasteiger partial charge in [0.05, 0.1) is 7.11 Å². The lowest BCUT2D eigenvalue weighted by atomic mass is 10.1. The van der Waals surface area contributed by atoms with Crippen molar-refractivity contribution in [3.63, 3.8) is 0 Å². The van der Waals surface area contributed by atoms with E-state index in [9.17, 15) is 9.59 Å². The van der Waals surface area contributed by atoms with E-state index in [1.165, 1.54) is 13.0 Å². The molecule has 0 saturated heterocycles. The van der Waals surface area contributed by atoms with Crippen molar-refractivity contribution in [3.8, 4) is 5.75 Å². The number of nitrogens with one attached hydrogen (secondary N) is 1. The summed E-state index contributed by atoms with van der Waals surface area (Å²) in [5.41, 5.74) is 1.11. The Labute approximate surface area is 103 Å². The van der Waals surface area contributed by atoms with E-state index in [1.54, 1.807) is 25.3 Å². The van der Waals surface area contributed by atoms with Gasteiger partial charge in [-0.1, -0.05) is 0 Å². The van der Waals surface area contributed by atoms with Gasteiger partial charge in [0.15, 0.2) is 0 Å². The number of carbonyl (C=O) groups excluding carboxylic acids is 1. The number of rotatable bonds is 3. The molecule has 0 unspecified atom stereocenters. The number of carbonyl (C=O) groups is 1. The van der Waals surface area contributed by atoms with Gasteiger partial charge in [-0.05, 0) is 18.2 Å². The lowest BCUT2D eigenvalue weighted by Gasteiger charge is -2.08. The predicted octanol–water partition coefficient (Wildman–Crippen LogP) is 1.60. The van der Waals surface area contributed by atoms with Crippen molar-refractivity contribution in [1.29, 1.82) is 0 Å². The first-order chi connectivity index (χ1) is 8.60. The van der Waals surface area contributed by atoms with Crippen LogP contribution in [0.3, 0.4) is 0 Å². The van der Waals surface area contributed by atoms with Crippen LogP contribution in [0.4, 0.5) is 0 Å². The number of fused-ring (bicyclic) bond motifs is 1. The fourth-order valence-corrected chi connectivity index (χ4v) is 1.73. The minimum absolute atomic E-state index is 0.0723. The van der Waals surface area contributed by atoms with Crippen LogP contribution in [0.15, 0.2) is 29.1 Å². The molecule has 0 bridgehead atoms. The highest BCUT2D eigenvalue weighted by Gasteiger charge is 2.06. The number of aromatic amines is 1. The SMILES string of the molecule is COc1ccc2[nH]c(=O)cc(COC(C)=O)c2c1. The molecule has 0 radical (unpaired) electrons. The molecule has 0 aliphatic heterocycles. The number of H-pyrrole nitrogens is 1. The number of ether oxygens (including phenoxy) is 2. The molecule has 5 heteroatoms. The average molecular weight is 247 g/mol. The zero-order valence-corrected chi connectivity index (χ0v) is 10.1. The molecular weight excluding hydrogens is 234 g/mol. The summed E-state index contributed by atoms with van der Waals surface area (Å²) in [7, 11) is 1.57. The van der Waals surface area contributed by atoms with Gasteiger partial charge in [0, 0.05) is 29.5 Å². The molecule has 94 valence electrons. The Hall–Kier alpha value is -2.30. The number of pyridine rings is 1. The van der Waals surface area contributed by atoms with Gasteiger partial charge in [0.25, 0.3) is 0 Å². The molecule has 0 spiro atoms. The zero-order valence-electron chi connectivity index (χ0n) is 10.1. The highest BCUT2D eigenvalue weighted by molar-refractivity contribution is 5.83. The fourth-order valence-electron chi connectivity index (χ4n) is 1.73. The molecule has 1 heterocycles. The van der Waals surface area contributed by atoms with Gasteiger partial charge in [-0.3, -0.25) is 9.59 Å². The standard InChI is InChI=1S/C13H13NO4/c1-8(15)18-7-9-5-13(16)14-12-4-3-10(17-2)6-11(9)12/h3-6H,7H2,1-2H3,(H,14,16). The summed E-state index contributed by atoms with van der Waals surface area (Å²) in [5.74, 6) is 0.296. The van der Waals surface area contributed by atoms with Crippen molar-refractivity contribution < 1.29 is 14.3 Å². The molecule has 1 aromatic carbocycles. The van der Waals surface area contributed by atoms with E-state index in [4.69, 9.17) is 9.47 Å². The van der Waals surface area contributed by atoms with E-state index in [0.29, 0.717) is 16.8 Å². The van der Waals surface area contributed by atoms with Crippen molar-refractivity contribution in [2.75, 3.05) is 7.11 Å². The van der Waals surface area contributed by atoms with Gasteiger partial charge in [0.1, 0.15) is 12.4 Å². The van der Waals surface area contributed by atoms with Gasteiger partial charge >= 0.3 is 5.97 Å². The third-order valence-electron chi connectivity index (χ3n) is 2.57. The highest BCUT2D eigenvalue weighted by atomic mass is 16.5. The summed E-state index contributed by atoms with van der Waals surface area (Å²) < 4.78 is 10.1. The summed E-state index contributed by atoms with van der Waals surface area (Å²) in [6, 6.07) is 6.73. The van der Waals surface area contributed by atoms with Crippen LogP contribution in [-0.2, 0) is 16.1 Å². The molecule has 0 fully saturated rings. The molecule has 0 amide bonds. The van der Waals surface area contributed by atoms with E-state index >= 15 is 0 Å². The molecular formula is C13H13NO4. The second-order valence-electron chi connectivity index (χ2n) is 3.85. The first kappa shape index (κ1) is 12.2. The second kappa shape index (κ2) is 4.91. The van der Waals surface area contributed by atoms with Crippen LogP contribution in [0.1, 0.15) is 12.5 Å². The number of hydrogen-bond acceptors (Lipinski definition) is 4. The van der Waals surface area contributed by atoms with Gasteiger partial charge in [-0.15, -0.1) is 0 Å². The molecule has 2 rings (SSSR count). The maximum Gasteiger partial charge on any atom is 0.302 e. The Balaban J connectivity index is 2.54. The largest absolute Gasteiger partial charge is 0.497 e. The van der Waals surface area contributed by atoms with Crippen LogP contribution in [0.5, 0.6) is 5.75 Å². The van der Waals surface area contributed by atoms with Crippen LogP contribution >= 0.6 is 0 Å². The van der Waals surface area contributed by atoms with Gasteiger partial charge in [-0.25, -0.2) is 0 Å². The average Bonchev–Trinajstić information content (AvgIpc) is 2.35. The quantitative estimate of drug-likeness (QED) is 0.836. The first-order valence-corrected chi connectivity index (χ1v) is 5.43. The number of methoxy groups -OCH3 is 1. The van der Waals surface area contributed by atoms with Crippen LogP contribution < -0.4 is 10.3 Å². The Morgan fingerprint density at radius 2 is 2.11 bits per heavy atom. The molecule has 0 aliphatic rings. The summed E-state index contributed by atoms with van der Waals surface area (Å²) >= 11 is 0. The summed E-state index contributed by atoms with van der Waals surface area (Å²) in [6.45, 7) is 1.40. The minimum atomic E-state index is -0.383. The number of aromatic nitrogens is 1. The molecule has 1 N–H and O–H groups in total. The Morgan fingerprint density at radius 1 is 1.33 bits per heavy atom. The molecule has 2 aromatic rings. The smallest absolute Gasteiger partial charge is 0.302 e. The highest BCUT2D eigenvalue weighted by Crippen LogP contribution is 2.21. The molecule has 0 atom stereocenters. The maximum absolute atomic E-state index is 11.5. The van der Waals surface area contributed by atoms with Crippen LogP contribution in [0.25, 0.3) is 10.9 Å². The minimum Gasteiger partial charge on any atom is -0.497 e. The number of hydrogen-bond donors (Lipinski definition) is 1. The molecule has 1 aromatic heterocycles. The molecule has 0 aliphatic carbocycles. The van der Waals surface area contributed by atoms with Gasteiger partial charge in [0.2, 0.25) is 5.56 Å². The van der Waals surface area contributed by atoms with Crippen LogP contribution in [0, 0.1) is 0 Å². The number of esters is 1. The lowest BCUT2D eigenvalue weighted by molar-refractivity contribution is -0.142. The Morgan fingerprint density at radius 3 is 2.78 bits per heavy atom. The molecule has 18 heavy (non-hydrogen) atoms. The molecule has 5 nitrogen and oxygen atoms in total. The van der Waals surface area contributed by atoms with Crippen LogP contribution in [0.2, 0.25) is 0 Å². The Bertz CT molecular complexity index is 645. The van der Waals surface area contributed by atoms with E-state index in [2.05, 4.69) is 4.98 Å². The van der Waals surface area contributed by atoms with Crippen molar-refractivity contribution in [2.24, 2.45) is 0 Å². The van der Waals surface area contributed by atoms with E-state index in [1.807, 2.05) is 0 Å². The predicted molar refractivity (Wildman–Crippen MR) is 66.6 cm³/mol. The summed E-state index contributed by atoms with van der Waals surface area (Å²) in [5, 5.41) is 0.801. The fraction of sp³-hybridized carbons (Fsp3) is 0.231. The van der Waals surface area contributed by atoms with E-state index < -0.39 is 0 Å². The van der Waals surface area contributed by atoms with E-state index in [-0.39, 0.29) is 18.1 Å². The van der Waals surface area contributed by atoms with E-state index in [0.717, 1.165) is 5.39 Å². The zero-order chi connectivity index (χ0) is 13.1. The van der Waals surface area contributed by atoms with Gasteiger partial charge < -0.3 is 14.5 Å². The normalized spacial score (nSPS) is 10.3. The van der Waals surface area contributed by atoms with Crippen molar-refractivity contribution >= 4 is 16.9 Å².